The molecule has 0 aliphatic rings. The zero-order chi connectivity index (χ0) is 13.5. The minimum absolute atomic E-state index is 0.590. The molecule has 0 spiro atoms. The Kier molecular flexibility index (Phi) is 3.31. The summed E-state index contributed by atoms with van der Waals surface area (Å²) in [5.41, 5.74) is 3.75. The monoisotopic (exact) mass is 344 g/mol. The zero-order valence-electron chi connectivity index (χ0n) is 11.7. The van der Waals surface area contributed by atoms with Crippen LogP contribution in [-0.2, 0) is 0 Å². The Hall–Kier alpha value is -0.650. The highest BCUT2D eigenvalue weighted by atomic mass is 127. The van der Waals surface area contributed by atoms with Crippen LogP contribution >= 0.6 is 22.6 Å². The molecule has 0 saturated heterocycles. The van der Waals surface area contributed by atoms with E-state index in [1.165, 1.54) is 0 Å². The molecule has 4 heteroatoms. The molecule has 0 aromatic carbocycles. The van der Waals surface area contributed by atoms with Crippen LogP contribution in [0, 0.1) is 17.4 Å². The first kappa shape index (κ1) is 11.4. The Bertz CT molecular complexity index is 587. The van der Waals surface area contributed by atoms with E-state index < -0.39 is 5.89 Å². The van der Waals surface area contributed by atoms with Crippen molar-refractivity contribution in [3.05, 3.63) is 26.7 Å². The lowest BCUT2D eigenvalue weighted by Gasteiger charge is -2.14. The van der Waals surface area contributed by atoms with E-state index in [0.717, 1.165) is 39.1 Å². The molecule has 0 aliphatic carbocycles. The highest BCUT2D eigenvalue weighted by molar-refractivity contribution is 14.1. The summed E-state index contributed by atoms with van der Waals surface area (Å²) in [6.07, 6.45) is 1.55. The van der Waals surface area contributed by atoms with Crippen molar-refractivity contribution in [1.29, 1.82) is 0 Å². The van der Waals surface area contributed by atoms with Gasteiger partial charge >= 0.3 is 0 Å². The lowest BCUT2D eigenvalue weighted by Crippen LogP contribution is -2.07. The summed E-state index contributed by atoms with van der Waals surface area (Å²) in [6.45, 7) is 8.07. The van der Waals surface area contributed by atoms with Gasteiger partial charge in [0.25, 0.3) is 0 Å². The van der Waals surface area contributed by atoms with E-state index in [4.69, 9.17) is 1.37 Å². The first-order valence-electron chi connectivity index (χ1n) is 6.46. The van der Waals surface area contributed by atoms with Crippen LogP contribution in [0.2, 0.25) is 0 Å². The van der Waals surface area contributed by atoms with Gasteiger partial charge in [-0.1, -0.05) is 13.8 Å². The predicted molar refractivity (Wildman–Crippen MR) is 78.5 cm³/mol. The largest absolute Gasteiger partial charge is 0.233 e. The van der Waals surface area contributed by atoms with E-state index in [2.05, 4.69) is 46.5 Å². The Morgan fingerprint density at radius 3 is 2.65 bits per heavy atom. The maximum Gasteiger partial charge on any atom is 0.169 e. The molecule has 0 saturated carbocycles. The van der Waals surface area contributed by atoms with Crippen molar-refractivity contribution < 1.29 is 1.37 Å². The van der Waals surface area contributed by atoms with Gasteiger partial charge in [-0.25, -0.2) is 9.50 Å². The third-order valence-corrected chi connectivity index (χ3v) is 4.30. The quantitative estimate of drug-likeness (QED) is 0.792. The van der Waals surface area contributed by atoms with E-state index in [9.17, 15) is 0 Å². The molecule has 0 atom stereocenters. The topological polar surface area (TPSA) is 30.2 Å². The standard InChI is InChI=1S/C13H18IN3/c1-5-10(6-2)11-7-8(3)15-13-12(14)9(4)16-17(11)13/h7,10H,5-6H2,1-4H3/i10D. The molecule has 3 nitrogen and oxygen atoms in total. The first-order chi connectivity index (χ1) is 8.42. The Labute approximate surface area is 117 Å². The smallest absolute Gasteiger partial charge is 0.169 e. The van der Waals surface area contributed by atoms with Crippen LogP contribution in [0.25, 0.3) is 5.65 Å². The van der Waals surface area contributed by atoms with Crippen LogP contribution in [0.4, 0.5) is 0 Å². The summed E-state index contributed by atoms with van der Waals surface area (Å²) in [4.78, 5) is 4.55. The number of aryl methyl sites for hydroxylation is 2. The van der Waals surface area contributed by atoms with E-state index in [-0.39, 0.29) is 0 Å². The summed E-state index contributed by atoms with van der Waals surface area (Å²) < 4.78 is 11.6. The van der Waals surface area contributed by atoms with E-state index in [0.29, 0.717) is 0 Å². The normalized spacial score (nSPS) is 13.1. The summed E-state index contributed by atoms with van der Waals surface area (Å²) >= 11 is 2.28. The lowest BCUT2D eigenvalue weighted by atomic mass is 9.99. The number of hydrogen-bond acceptors (Lipinski definition) is 2. The second-order valence-electron chi connectivity index (χ2n) is 4.23. The maximum atomic E-state index is 8.63. The molecular weight excluding hydrogens is 325 g/mol. The molecule has 0 fully saturated rings. The molecule has 17 heavy (non-hydrogen) atoms. The van der Waals surface area contributed by atoms with Crippen molar-refractivity contribution in [1.82, 2.24) is 14.6 Å². The Balaban J connectivity index is 2.82. The first-order valence-corrected chi connectivity index (χ1v) is 7.03. The molecule has 0 radical (unpaired) electrons. The van der Waals surface area contributed by atoms with Gasteiger partial charge in [-0.3, -0.25) is 0 Å². The molecule has 0 amide bonds. The van der Waals surface area contributed by atoms with E-state index in [1.807, 2.05) is 24.4 Å². The number of halogens is 1. The van der Waals surface area contributed by atoms with Crippen LogP contribution in [0.15, 0.2) is 6.07 Å². The van der Waals surface area contributed by atoms with Crippen molar-refractivity contribution >= 4 is 28.2 Å². The summed E-state index contributed by atoms with van der Waals surface area (Å²) in [7, 11) is 0. The molecule has 0 unspecified atom stereocenters. The zero-order valence-corrected chi connectivity index (χ0v) is 12.9. The predicted octanol–water partition coefficient (Wildman–Crippen LogP) is 3.85. The van der Waals surface area contributed by atoms with Crippen molar-refractivity contribution in [2.75, 3.05) is 0 Å². The molecule has 2 heterocycles. The molecule has 2 rings (SSSR count). The highest BCUT2D eigenvalue weighted by Crippen LogP contribution is 2.26. The van der Waals surface area contributed by atoms with E-state index >= 15 is 0 Å². The van der Waals surface area contributed by atoms with E-state index in [1.54, 1.807) is 0 Å². The highest BCUT2D eigenvalue weighted by Gasteiger charge is 2.16. The molecule has 2 aromatic rings. The molecule has 2 aromatic heterocycles. The van der Waals surface area contributed by atoms with Gasteiger partial charge in [0.05, 0.1) is 9.26 Å². The molecule has 0 aliphatic heterocycles. The maximum absolute atomic E-state index is 8.63. The van der Waals surface area contributed by atoms with Gasteiger partial charge < -0.3 is 0 Å². The van der Waals surface area contributed by atoms with Crippen molar-refractivity contribution in [3.63, 3.8) is 0 Å². The third-order valence-electron chi connectivity index (χ3n) is 3.04. The second-order valence-corrected chi connectivity index (χ2v) is 5.31. The fourth-order valence-electron chi connectivity index (χ4n) is 2.08. The molecule has 0 N–H and O–H groups in total. The number of nitrogens with zero attached hydrogens (tertiary/aromatic N) is 3. The number of aromatic nitrogens is 3. The van der Waals surface area contributed by atoms with Crippen molar-refractivity contribution in [2.24, 2.45) is 0 Å². The SMILES string of the molecule is [2H]C(CC)(CC)c1cc(C)nc2c(I)c(C)nn12. The van der Waals surface area contributed by atoms with Crippen molar-refractivity contribution in [3.8, 4) is 0 Å². The Morgan fingerprint density at radius 2 is 2.06 bits per heavy atom. The van der Waals surface area contributed by atoms with Crippen LogP contribution in [0.5, 0.6) is 0 Å². The van der Waals surface area contributed by atoms with Gasteiger partial charge in [0, 0.05) is 18.7 Å². The average molecular weight is 344 g/mol. The number of hydrogen-bond donors (Lipinski definition) is 0. The fourth-order valence-corrected chi connectivity index (χ4v) is 2.54. The van der Waals surface area contributed by atoms with Crippen LogP contribution in [0.3, 0.4) is 0 Å². The van der Waals surface area contributed by atoms with Gasteiger partial charge in [-0.05, 0) is 55.3 Å². The summed E-state index contributed by atoms with van der Waals surface area (Å²) in [5, 5.41) is 4.54. The van der Waals surface area contributed by atoms with Gasteiger partial charge in [-0.15, -0.1) is 0 Å². The Morgan fingerprint density at radius 1 is 1.41 bits per heavy atom. The van der Waals surface area contributed by atoms with Gasteiger partial charge in [0.15, 0.2) is 5.65 Å². The summed E-state index contributed by atoms with van der Waals surface area (Å²) in [5.74, 6) is -0.590. The fraction of sp³-hybridized carbons (Fsp3) is 0.538. The molecule has 92 valence electrons. The number of rotatable bonds is 3. The molecular formula is C13H18IN3. The van der Waals surface area contributed by atoms with Gasteiger partial charge in [0.1, 0.15) is 0 Å². The van der Waals surface area contributed by atoms with Crippen LogP contribution in [-0.4, -0.2) is 14.6 Å². The second kappa shape index (κ2) is 4.92. The number of fused-ring (bicyclic) bond motifs is 1. The van der Waals surface area contributed by atoms with Crippen molar-refractivity contribution in [2.45, 2.75) is 46.4 Å². The van der Waals surface area contributed by atoms with Gasteiger partial charge in [-0.2, -0.15) is 5.10 Å². The minimum Gasteiger partial charge on any atom is -0.233 e. The van der Waals surface area contributed by atoms with Gasteiger partial charge in [0.2, 0.25) is 0 Å². The lowest BCUT2D eigenvalue weighted by molar-refractivity contribution is 0.598. The summed E-state index contributed by atoms with van der Waals surface area (Å²) in [6, 6.07) is 2.00. The average Bonchev–Trinajstić information content (AvgIpc) is 2.64. The minimum atomic E-state index is -0.590. The van der Waals surface area contributed by atoms with Crippen LogP contribution < -0.4 is 0 Å². The third kappa shape index (κ3) is 2.19. The van der Waals surface area contributed by atoms with Crippen LogP contribution in [0.1, 0.15) is 51.0 Å². The molecule has 0 bridgehead atoms.